The zero-order chi connectivity index (χ0) is 21.2. The van der Waals surface area contributed by atoms with Crippen molar-refractivity contribution in [1.29, 1.82) is 0 Å². The minimum atomic E-state index is -0.223. The molecule has 0 bridgehead atoms. The smallest absolute Gasteiger partial charge is 0.255 e. The minimum absolute atomic E-state index is 0.0238. The number of benzene rings is 2. The lowest BCUT2D eigenvalue weighted by atomic mass is 10.1. The van der Waals surface area contributed by atoms with Crippen LogP contribution in [-0.4, -0.2) is 47.8 Å². The SMILES string of the molecule is O=C(C[C@H](c1cccs1)N1Cc2ccccc2C1=O)N1CCN(c2ccccc2)CC1. The van der Waals surface area contributed by atoms with Gasteiger partial charge in [0.05, 0.1) is 12.5 Å². The fraction of sp³-hybridized carbons (Fsp3) is 0.280. The number of anilines is 1. The summed E-state index contributed by atoms with van der Waals surface area (Å²) in [6.45, 7) is 3.63. The van der Waals surface area contributed by atoms with Gasteiger partial charge in [0.15, 0.2) is 0 Å². The van der Waals surface area contributed by atoms with E-state index in [9.17, 15) is 9.59 Å². The number of hydrogen-bond donors (Lipinski definition) is 0. The third-order valence-corrected chi connectivity index (χ3v) is 7.19. The first kappa shape index (κ1) is 19.8. The van der Waals surface area contributed by atoms with Crippen molar-refractivity contribution >= 4 is 28.8 Å². The molecule has 3 aromatic rings. The molecule has 0 spiro atoms. The molecule has 31 heavy (non-hydrogen) atoms. The Morgan fingerprint density at radius 3 is 2.35 bits per heavy atom. The van der Waals surface area contributed by atoms with E-state index in [1.165, 1.54) is 5.69 Å². The van der Waals surface area contributed by atoms with Gasteiger partial charge in [0, 0.05) is 48.9 Å². The quantitative estimate of drug-likeness (QED) is 0.609. The Morgan fingerprint density at radius 2 is 1.65 bits per heavy atom. The van der Waals surface area contributed by atoms with Crippen molar-refractivity contribution < 1.29 is 9.59 Å². The molecule has 1 fully saturated rings. The molecule has 0 N–H and O–H groups in total. The molecule has 1 atom stereocenters. The van der Waals surface area contributed by atoms with Crippen LogP contribution in [0.1, 0.15) is 33.3 Å². The summed E-state index contributed by atoms with van der Waals surface area (Å²) in [6.07, 6.45) is 0.325. The maximum Gasteiger partial charge on any atom is 0.255 e. The van der Waals surface area contributed by atoms with Crippen molar-refractivity contribution in [2.45, 2.75) is 19.0 Å². The van der Waals surface area contributed by atoms with Gasteiger partial charge in [-0.05, 0) is 35.2 Å². The van der Waals surface area contributed by atoms with E-state index in [0.717, 1.165) is 29.1 Å². The summed E-state index contributed by atoms with van der Waals surface area (Å²) in [5.74, 6) is 0.144. The zero-order valence-electron chi connectivity index (χ0n) is 17.3. The Morgan fingerprint density at radius 1 is 0.903 bits per heavy atom. The first-order chi connectivity index (χ1) is 15.2. The van der Waals surface area contributed by atoms with Gasteiger partial charge in [-0.1, -0.05) is 42.5 Å². The molecule has 2 amide bonds. The molecule has 5 rings (SSSR count). The average molecular weight is 432 g/mol. The van der Waals surface area contributed by atoms with E-state index in [-0.39, 0.29) is 17.9 Å². The molecule has 5 nitrogen and oxygen atoms in total. The monoisotopic (exact) mass is 431 g/mol. The lowest BCUT2D eigenvalue weighted by Gasteiger charge is -2.37. The van der Waals surface area contributed by atoms with E-state index in [2.05, 4.69) is 17.0 Å². The Balaban J connectivity index is 1.29. The Labute approximate surface area is 186 Å². The molecular formula is C25H25N3O2S. The summed E-state index contributed by atoms with van der Waals surface area (Å²) in [4.78, 5) is 33.6. The number of nitrogens with zero attached hydrogens (tertiary/aromatic N) is 3. The summed E-state index contributed by atoms with van der Waals surface area (Å²) in [5, 5.41) is 2.01. The predicted octanol–water partition coefficient (Wildman–Crippen LogP) is 4.18. The van der Waals surface area contributed by atoms with Crippen molar-refractivity contribution in [2.24, 2.45) is 0 Å². The van der Waals surface area contributed by atoms with Gasteiger partial charge in [-0.25, -0.2) is 0 Å². The number of para-hydroxylation sites is 1. The molecule has 2 aliphatic rings. The van der Waals surface area contributed by atoms with Crippen LogP contribution in [0.5, 0.6) is 0 Å². The second-order valence-corrected chi connectivity index (χ2v) is 9.01. The number of fused-ring (bicyclic) bond motifs is 1. The van der Waals surface area contributed by atoms with E-state index in [1.54, 1.807) is 11.3 Å². The number of carbonyl (C=O) groups is 2. The van der Waals surface area contributed by atoms with Crippen LogP contribution in [0.2, 0.25) is 0 Å². The fourth-order valence-corrected chi connectivity index (χ4v) is 5.36. The molecule has 1 aromatic heterocycles. The lowest BCUT2D eigenvalue weighted by molar-refractivity contribution is -0.132. The van der Waals surface area contributed by atoms with E-state index in [4.69, 9.17) is 0 Å². The molecule has 0 aliphatic carbocycles. The highest BCUT2D eigenvalue weighted by Crippen LogP contribution is 2.35. The number of piperazine rings is 1. The van der Waals surface area contributed by atoms with Crippen LogP contribution >= 0.6 is 11.3 Å². The highest BCUT2D eigenvalue weighted by molar-refractivity contribution is 7.10. The molecular weight excluding hydrogens is 406 g/mol. The third kappa shape index (κ3) is 3.95. The van der Waals surface area contributed by atoms with Gasteiger partial charge in [0.1, 0.15) is 0 Å². The number of amides is 2. The zero-order valence-corrected chi connectivity index (χ0v) is 18.1. The van der Waals surface area contributed by atoms with Crippen LogP contribution in [0.25, 0.3) is 0 Å². The highest BCUT2D eigenvalue weighted by atomic mass is 32.1. The molecule has 2 aromatic carbocycles. The molecule has 158 valence electrons. The molecule has 0 saturated carbocycles. The normalized spacial score (nSPS) is 17.0. The molecule has 3 heterocycles. The maximum atomic E-state index is 13.3. The van der Waals surface area contributed by atoms with Gasteiger partial charge >= 0.3 is 0 Å². The van der Waals surface area contributed by atoms with Crippen LogP contribution in [0.4, 0.5) is 5.69 Å². The van der Waals surface area contributed by atoms with Crippen LogP contribution < -0.4 is 4.90 Å². The third-order valence-electron chi connectivity index (χ3n) is 6.22. The van der Waals surface area contributed by atoms with Crippen LogP contribution in [0.15, 0.2) is 72.1 Å². The first-order valence-corrected chi connectivity index (χ1v) is 11.6. The van der Waals surface area contributed by atoms with Crippen molar-refractivity contribution in [3.8, 4) is 0 Å². The molecule has 6 heteroatoms. The van der Waals surface area contributed by atoms with Gasteiger partial charge < -0.3 is 14.7 Å². The van der Waals surface area contributed by atoms with Crippen molar-refractivity contribution in [1.82, 2.24) is 9.80 Å². The maximum absolute atomic E-state index is 13.3. The van der Waals surface area contributed by atoms with Crippen LogP contribution in [0.3, 0.4) is 0 Å². The van der Waals surface area contributed by atoms with E-state index >= 15 is 0 Å². The minimum Gasteiger partial charge on any atom is -0.368 e. The van der Waals surface area contributed by atoms with E-state index in [0.29, 0.717) is 26.1 Å². The number of hydrogen-bond acceptors (Lipinski definition) is 4. The highest BCUT2D eigenvalue weighted by Gasteiger charge is 2.36. The second-order valence-electron chi connectivity index (χ2n) is 8.03. The number of carbonyl (C=O) groups excluding carboxylic acids is 2. The van der Waals surface area contributed by atoms with E-state index < -0.39 is 0 Å². The molecule has 0 unspecified atom stereocenters. The largest absolute Gasteiger partial charge is 0.368 e. The van der Waals surface area contributed by atoms with Gasteiger partial charge in [0.25, 0.3) is 5.91 Å². The van der Waals surface area contributed by atoms with Crippen molar-refractivity contribution in [3.05, 3.63) is 88.1 Å². The van der Waals surface area contributed by atoms with Crippen molar-refractivity contribution in [3.63, 3.8) is 0 Å². The molecule has 2 aliphatic heterocycles. The van der Waals surface area contributed by atoms with Gasteiger partial charge in [-0.15, -0.1) is 11.3 Å². The standard InChI is InChI=1S/C25H25N3O2S/c29-24(27-14-12-26(13-15-27)20-8-2-1-3-9-20)17-22(23-11-6-16-31-23)28-18-19-7-4-5-10-21(19)25(28)30/h1-11,16,22H,12-15,17-18H2/t22-/m1/s1. The topological polar surface area (TPSA) is 43.9 Å². The van der Waals surface area contributed by atoms with Crippen LogP contribution in [-0.2, 0) is 11.3 Å². The van der Waals surface area contributed by atoms with Gasteiger partial charge in [-0.2, -0.15) is 0 Å². The van der Waals surface area contributed by atoms with E-state index in [1.807, 2.05) is 69.8 Å². The Hall–Kier alpha value is -3.12. The summed E-state index contributed by atoms with van der Waals surface area (Å²) < 4.78 is 0. The molecule has 0 radical (unpaired) electrons. The van der Waals surface area contributed by atoms with Crippen molar-refractivity contribution in [2.75, 3.05) is 31.1 Å². The fourth-order valence-electron chi connectivity index (χ4n) is 4.52. The number of thiophene rings is 1. The second kappa shape index (κ2) is 8.55. The summed E-state index contributed by atoms with van der Waals surface area (Å²) in [6, 6.07) is 21.9. The summed E-state index contributed by atoms with van der Waals surface area (Å²) in [7, 11) is 0. The Bertz CT molecular complexity index is 1060. The summed E-state index contributed by atoms with van der Waals surface area (Å²) in [5.41, 5.74) is 3.00. The summed E-state index contributed by atoms with van der Waals surface area (Å²) >= 11 is 1.61. The first-order valence-electron chi connectivity index (χ1n) is 10.7. The van der Waals surface area contributed by atoms with Gasteiger partial charge in [-0.3, -0.25) is 9.59 Å². The molecule has 1 saturated heterocycles. The average Bonchev–Trinajstić information content (AvgIpc) is 3.47. The van der Waals surface area contributed by atoms with Crippen LogP contribution in [0, 0.1) is 0 Å². The predicted molar refractivity (Wildman–Crippen MR) is 123 cm³/mol. The Kier molecular flexibility index (Phi) is 5.47. The number of rotatable bonds is 5. The van der Waals surface area contributed by atoms with Gasteiger partial charge in [0.2, 0.25) is 5.91 Å². The lowest BCUT2D eigenvalue weighted by Crippen LogP contribution is -2.49.